The summed E-state index contributed by atoms with van der Waals surface area (Å²) < 4.78 is 24.1. The Bertz CT molecular complexity index is 1400. The number of carbonyl (C=O) groups is 3. The molecule has 0 spiro atoms. The number of hydrogen-bond acceptors (Lipinski definition) is 8. The first-order valence-electron chi connectivity index (χ1n) is 10.1. The largest absolute Gasteiger partial charge is 0.507 e. The number of carbonyl (C=O) groups excluding carboxylic acids is 3. The van der Waals surface area contributed by atoms with Crippen LogP contribution in [-0.4, -0.2) is 42.0 Å². The van der Waals surface area contributed by atoms with Crippen molar-refractivity contribution in [3.8, 4) is 5.75 Å². The van der Waals surface area contributed by atoms with Crippen molar-refractivity contribution < 1.29 is 33.4 Å². The number of aryl methyl sites for hydroxylation is 1. The number of Topliss-reactive ketones (excluding diaryl/α,β-unsaturated/α-hetero) is 1. The third-order valence-corrected chi connectivity index (χ3v) is 6.83. The van der Waals surface area contributed by atoms with E-state index in [1.54, 1.807) is 6.92 Å². The zero-order chi connectivity index (χ0) is 25.4. The lowest BCUT2D eigenvalue weighted by molar-refractivity contribution is -0.132. The standard InChI is InChI=1S/C24H18ClFN2O6S/c1-11-21(23(32)34-3)35-24(27-11)28-18(12-5-4-6-14(26)9-12)17(20(30)22(28)31)19(29)13-7-8-16(33-2)15(25)10-13/h4-10,18,29H,1-3H3/b19-17+/t18-/m0/s1. The fraction of sp³-hybridized carbons (Fsp3) is 0.167. The maximum Gasteiger partial charge on any atom is 0.350 e. The minimum Gasteiger partial charge on any atom is -0.507 e. The number of aromatic nitrogens is 1. The molecule has 2 aromatic carbocycles. The normalized spacial score (nSPS) is 17.1. The summed E-state index contributed by atoms with van der Waals surface area (Å²) in [5.41, 5.74) is 0.381. The highest BCUT2D eigenvalue weighted by Crippen LogP contribution is 2.44. The number of anilines is 1. The van der Waals surface area contributed by atoms with Crippen molar-refractivity contribution in [2.45, 2.75) is 13.0 Å². The van der Waals surface area contributed by atoms with Gasteiger partial charge in [-0.15, -0.1) is 0 Å². The summed E-state index contributed by atoms with van der Waals surface area (Å²) in [5.74, 6) is -3.42. The minimum atomic E-state index is -1.22. The highest BCUT2D eigenvalue weighted by molar-refractivity contribution is 7.17. The van der Waals surface area contributed by atoms with Crippen molar-refractivity contribution in [3.05, 3.63) is 80.6 Å². The number of methoxy groups -OCH3 is 2. The molecule has 0 unspecified atom stereocenters. The van der Waals surface area contributed by atoms with Crippen LogP contribution < -0.4 is 9.64 Å². The maximum atomic E-state index is 14.2. The third kappa shape index (κ3) is 4.26. The van der Waals surface area contributed by atoms with Crippen LogP contribution in [0.5, 0.6) is 5.75 Å². The van der Waals surface area contributed by atoms with Gasteiger partial charge in [0, 0.05) is 5.56 Å². The minimum absolute atomic E-state index is 0.0195. The number of thiazole rings is 1. The molecule has 1 amide bonds. The molecule has 0 bridgehead atoms. The van der Waals surface area contributed by atoms with Crippen molar-refractivity contribution >= 4 is 51.5 Å². The number of ether oxygens (including phenoxy) is 2. The van der Waals surface area contributed by atoms with Gasteiger partial charge in [-0.25, -0.2) is 14.2 Å². The van der Waals surface area contributed by atoms with Gasteiger partial charge < -0.3 is 14.6 Å². The summed E-state index contributed by atoms with van der Waals surface area (Å²) in [6, 6.07) is 8.43. The molecule has 0 aliphatic carbocycles. The average Bonchev–Trinajstić information content (AvgIpc) is 3.34. The van der Waals surface area contributed by atoms with Crippen LogP contribution in [0.25, 0.3) is 5.76 Å². The van der Waals surface area contributed by atoms with Crippen molar-refractivity contribution in [2.24, 2.45) is 0 Å². The van der Waals surface area contributed by atoms with Crippen LogP contribution in [0.1, 0.15) is 32.5 Å². The van der Waals surface area contributed by atoms with Crippen LogP contribution in [0.3, 0.4) is 0 Å². The van der Waals surface area contributed by atoms with Gasteiger partial charge in [0.25, 0.3) is 5.78 Å². The van der Waals surface area contributed by atoms with E-state index in [0.29, 0.717) is 11.4 Å². The number of aliphatic hydroxyl groups excluding tert-OH is 1. The molecule has 1 fully saturated rings. The van der Waals surface area contributed by atoms with Gasteiger partial charge in [-0.2, -0.15) is 0 Å². The number of halogens is 2. The Morgan fingerprint density at radius 3 is 2.57 bits per heavy atom. The van der Waals surface area contributed by atoms with Crippen LogP contribution in [0.4, 0.5) is 9.52 Å². The van der Waals surface area contributed by atoms with Crippen LogP contribution in [-0.2, 0) is 14.3 Å². The number of benzene rings is 2. The van der Waals surface area contributed by atoms with Crippen LogP contribution in [0.15, 0.2) is 48.0 Å². The van der Waals surface area contributed by atoms with E-state index in [-0.39, 0.29) is 31.7 Å². The quantitative estimate of drug-likeness (QED) is 0.227. The van der Waals surface area contributed by atoms with Gasteiger partial charge in [-0.05, 0) is 42.8 Å². The Kier molecular flexibility index (Phi) is 6.60. The van der Waals surface area contributed by atoms with Gasteiger partial charge in [-0.3, -0.25) is 14.5 Å². The first kappa shape index (κ1) is 24.4. The van der Waals surface area contributed by atoms with Crippen molar-refractivity contribution in [2.75, 3.05) is 19.1 Å². The number of rotatable bonds is 5. The number of ketones is 1. The van der Waals surface area contributed by atoms with Crippen LogP contribution in [0, 0.1) is 12.7 Å². The molecule has 2 heterocycles. The lowest BCUT2D eigenvalue weighted by Gasteiger charge is -2.23. The molecule has 11 heteroatoms. The molecule has 180 valence electrons. The molecule has 1 atom stereocenters. The highest BCUT2D eigenvalue weighted by Gasteiger charge is 2.48. The Morgan fingerprint density at radius 2 is 1.94 bits per heavy atom. The summed E-state index contributed by atoms with van der Waals surface area (Å²) in [6.07, 6.45) is 0. The van der Waals surface area contributed by atoms with E-state index in [9.17, 15) is 23.9 Å². The lowest BCUT2D eigenvalue weighted by atomic mass is 9.95. The van der Waals surface area contributed by atoms with E-state index in [0.717, 1.165) is 22.3 Å². The molecular formula is C24H18ClFN2O6S. The van der Waals surface area contributed by atoms with Gasteiger partial charge in [0.05, 0.1) is 36.6 Å². The van der Waals surface area contributed by atoms with E-state index in [2.05, 4.69) is 4.98 Å². The SMILES string of the molecule is COC(=O)c1sc(N2C(=O)C(=O)/C(=C(/O)c3ccc(OC)c(Cl)c3)[C@@H]2c2cccc(F)c2)nc1C. The molecule has 0 radical (unpaired) electrons. The first-order valence-corrected chi connectivity index (χ1v) is 11.3. The predicted molar refractivity (Wildman–Crippen MR) is 127 cm³/mol. The summed E-state index contributed by atoms with van der Waals surface area (Å²) in [5, 5.41) is 11.3. The van der Waals surface area contributed by atoms with E-state index in [1.807, 2.05) is 0 Å². The summed E-state index contributed by atoms with van der Waals surface area (Å²) >= 11 is 7.03. The molecule has 1 aromatic heterocycles. The lowest BCUT2D eigenvalue weighted by Crippen LogP contribution is -2.29. The van der Waals surface area contributed by atoms with Crippen molar-refractivity contribution in [3.63, 3.8) is 0 Å². The smallest absolute Gasteiger partial charge is 0.350 e. The van der Waals surface area contributed by atoms with E-state index >= 15 is 0 Å². The fourth-order valence-corrected chi connectivity index (χ4v) is 5.03. The topological polar surface area (TPSA) is 106 Å². The third-order valence-electron chi connectivity index (χ3n) is 5.40. The number of nitrogens with zero attached hydrogens (tertiary/aromatic N) is 2. The molecular weight excluding hydrogens is 499 g/mol. The Labute approximate surface area is 208 Å². The Balaban J connectivity index is 1.94. The van der Waals surface area contributed by atoms with Gasteiger partial charge in [0.1, 0.15) is 22.2 Å². The second-order valence-electron chi connectivity index (χ2n) is 7.48. The molecule has 1 aliphatic heterocycles. The summed E-state index contributed by atoms with van der Waals surface area (Å²) in [4.78, 5) is 43.9. The molecule has 1 N–H and O–H groups in total. The second-order valence-corrected chi connectivity index (χ2v) is 8.86. The summed E-state index contributed by atoms with van der Waals surface area (Å²) in [7, 11) is 2.63. The fourth-order valence-electron chi connectivity index (χ4n) is 3.76. The van der Waals surface area contributed by atoms with Crippen molar-refractivity contribution in [1.82, 2.24) is 4.98 Å². The zero-order valence-corrected chi connectivity index (χ0v) is 20.2. The Morgan fingerprint density at radius 1 is 1.20 bits per heavy atom. The van der Waals surface area contributed by atoms with Gasteiger partial charge >= 0.3 is 11.9 Å². The van der Waals surface area contributed by atoms with Crippen LogP contribution >= 0.6 is 22.9 Å². The molecule has 1 saturated heterocycles. The average molecular weight is 517 g/mol. The number of esters is 1. The molecule has 0 saturated carbocycles. The first-order chi connectivity index (χ1) is 16.7. The molecule has 3 aromatic rings. The number of aliphatic hydroxyl groups is 1. The molecule has 4 rings (SSSR count). The van der Waals surface area contributed by atoms with Gasteiger partial charge in [0.15, 0.2) is 5.13 Å². The number of hydrogen-bond donors (Lipinski definition) is 1. The van der Waals surface area contributed by atoms with Gasteiger partial charge in [0.2, 0.25) is 0 Å². The predicted octanol–water partition coefficient (Wildman–Crippen LogP) is 4.67. The zero-order valence-electron chi connectivity index (χ0n) is 18.7. The number of amides is 1. The van der Waals surface area contributed by atoms with E-state index in [1.165, 1.54) is 50.6 Å². The molecule has 35 heavy (non-hydrogen) atoms. The highest BCUT2D eigenvalue weighted by atomic mass is 35.5. The van der Waals surface area contributed by atoms with E-state index < -0.39 is 35.3 Å². The summed E-state index contributed by atoms with van der Waals surface area (Å²) in [6.45, 7) is 1.55. The molecule has 1 aliphatic rings. The van der Waals surface area contributed by atoms with Crippen molar-refractivity contribution in [1.29, 1.82) is 0 Å². The monoisotopic (exact) mass is 516 g/mol. The Hall–Kier alpha value is -3.76. The van der Waals surface area contributed by atoms with Gasteiger partial charge in [-0.1, -0.05) is 35.1 Å². The van der Waals surface area contributed by atoms with E-state index in [4.69, 9.17) is 21.1 Å². The second kappa shape index (κ2) is 9.47. The molecule has 8 nitrogen and oxygen atoms in total. The van der Waals surface area contributed by atoms with Crippen LogP contribution in [0.2, 0.25) is 5.02 Å². The maximum absolute atomic E-state index is 14.2.